The zero-order chi connectivity index (χ0) is 11.7. The van der Waals surface area contributed by atoms with Crippen LogP contribution in [0.4, 0.5) is 0 Å². The monoisotopic (exact) mass is 256 g/mol. The number of aryl methyl sites for hydroxylation is 1. The molecule has 0 atom stereocenters. The van der Waals surface area contributed by atoms with E-state index in [4.69, 9.17) is 5.11 Å². The summed E-state index contributed by atoms with van der Waals surface area (Å²) < 4.78 is 1.74. The first-order chi connectivity index (χ1) is 7.63. The van der Waals surface area contributed by atoms with Crippen molar-refractivity contribution in [2.45, 2.75) is 11.9 Å². The molecular formula is C9H8N2O3S2. The van der Waals surface area contributed by atoms with Crippen LogP contribution in [0, 0.1) is 6.92 Å². The van der Waals surface area contributed by atoms with Gasteiger partial charge in [0, 0.05) is 11.1 Å². The summed E-state index contributed by atoms with van der Waals surface area (Å²) in [6, 6.07) is 0. The third kappa shape index (κ3) is 1.83. The summed E-state index contributed by atoms with van der Waals surface area (Å²) >= 11 is 2.49. The number of thioether (sulfide) groups is 1. The highest BCUT2D eigenvalue weighted by molar-refractivity contribution is 8.00. The first kappa shape index (κ1) is 11.2. The van der Waals surface area contributed by atoms with Crippen LogP contribution in [0.1, 0.15) is 16.2 Å². The van der Waals surface area contributed by atoms with Crippen molar-refractivity contribution < 1.29 is 14.7 Å². The van der Waals surface area contributed by atoms with E-state index in [2.05, 4.69) is 4.98 Å². The average Bonchev–Trinajstić information content (AvgIpc) is 2.75. The number of hydrogen-bond acceptors (Lipinski definition) is 5. The molecule has 0 aliphatic carbocycles. The molecular weight excluding hydrogens is 248 g/mol. The second-order valence-corrected chi connectivity index (χ2v) is 4.90. The van der Waals surface area contributed by atoms with Crippen molar-refractivity contribution in [3.8, 4) is 0 Å². The van der Waals surface area contributed by atoms with Crippen molar-refractivity contribution in [3.05, 3.63) is 16.8 Å². The van der Waals surface area contributed by atoms with Crippen molar-refractivity contribution in [1.29, 1.82) is 0 Å². The molecule has 2 heterocycles. The molecule has 16 heavy (non-hydrogen) atoms. The number of carboxylic acid groups (broad SMARTS) is 1. The molecule has 0 spiro atoms. The Labute approximate surface area is 99.1 Å². The Kier molecular flexibility index (Phi) is 2.97. The molecule has 0 radical (unpaired) electrons. The van der Waals surface area contributed by atoms with Crippen LogP contribution in [0.5, 0.6) is 0 Å². The third-order valence-corrected chi connectivity index (χ3v) is 3.89. The van der Waals surface area contributed by atoms with E-state index in [1.54, 1.807) is 4.40 Å². The lowest BCUT2D eigenvalue weighted by atomic mass is 10.5. The van der Waals surface area contributed by atoms with Crippen LogP contribution in [-0.4, -0.2) is 32.5 Å². The Hall–Kier alpha value is -1.34. The summed E-state index contributed by atoms with van der Waals surface area (Å²) in [6.07, 6.45) is 0.712. The van der Waals surface area contributed by atoms with E-state index < -0.39 is 5.97 Å². The molecule has 2 rings (SSSR count). The highest BCUT2D eigenvalue weighted by Crippen LogP contribution is 2.26. The van der Waals surface area contributed by atoms with E-state index in [-0.39, 0.29) is 5.75 Å². The molecule has 0 unspecified atom stereocenters. The molecule has 0 amide bonds. The van der Waals surface area contributed by atoms with Crippen LogP contribution in [0.3, 0.4) is 0 Å². The average molecular weight is 256 g/mol. The zero-order valence-corrected chi connectivity index (χ0v) is 9.97. The molecule has 0 aliphatic rings. The van der Waals surface area contributed by atoms with Crippen LogP contribution in [-0.2, 0) is 4.79 Å². The van der Waals surface area contributed by atoms with Crippen LogP contribution < -0.4 is 0 Å². The zero-order valence-electron chi connectivity index (χ0n) is 8.34. The van der Waals surface area contributed by atoms with E-state index in [1.807, 2.05) is 12.3 Å². The summed E-state index contributed by atoms with van der Waals surface area (Å²) in [4.78, 5) is 26.4. The number of imidazole rings is 1. The third-order valence-electron chi connectivity index (χ3n) is 1.98. The van der Waals surface area contributed by atoms with Crippen LogP contribution >= 0.6 is 23.1 Å². The fourth-order valence-electron chi connectivity index (χ4n) is 1.34. The van der Waals surface area contributed by atoms with Crippen molar-refractivity contribution in [2.24, 2.45) is 0 Å². The lowest BCUT2D eigenvalue weighted by molar-refractivity contribution is -0.133. The Morgan fingerprint density at radius 2 is 2.50 bits per heavy atom. The van der Waals surface area contributed by atoms with Gasteiger partial charge in [-0.3, -0.25) is 14.0 Å². The predicted molar refractivity (Wildman–Crippen MR) is 61.6 cm³/mol. The van der Waals surface area contributed by atoms with Crippen molar-refractivity contribution in [2.75, 3.05) is 5.75 Å². The highest BCUT2D eigenvalue weighted by atomic mass is 32.2. The molecule has 0 bridgehead atoms. The van der Waals surface area contributed by atoms with Gasteiger partial charge in [0.2, 0.25) is 0 Å². The van der Waals surface area contributed by atoms with E-state index in [0.29, 0.717) is 22.0 Å². The molecule has 0 saturated heterocycles. The lowest BCUT2D eigenvalue weighted by Crippen LogP contribution is -1.99. The van der Waals surface area contributed by atoms with Gasteiger partial charge in [-0.05, 0) is 6.92 Å². The summed E-state index contributed by atoms with van der Waals surface area (Å²) in [5.74, 6) is -1.01. The minimum Gasteiger partial charge on any atom is -0.481 e. The topological polar surface area (TPSA) is 71.7 Å². The van der Waals surface area contributed by atoms with Gasteiger partial charge in [-0.15, -0.1) is 11.3 Å². The summed E-state index contributed by atoms with van der Waals surface area (Å²) in [7, 11) is 0. The standard InChI is InChI=1S/C9H8N2O3S2/c1-5-3-16-9-10-8(15-4-7(13)14)6(2-12)11(5)9/h2-3H,4H2,1H3,(H,13,14). The van der Waals surface area contributed by atoms with Gasteiger partial charge in [0.25, 0.3) is 0 Å². The Morgan fingerprint density at radius 1 is 1.75 bits per heavy atom. The van der Waals surface area contributed by atoms with Gasteiger partial charge < -0.3 is 5.11 Å². The number of hydrogen-bond donors (Lipinski definition) is 1. The van der Waals surface area contributed by atoms with Gasteiger partial charge in [-0.2, -0.15) is 0 Å². The van der Waals surface area contributed by atoms with Gasteiger partial charge in [-0.25, -0.2) is 4.98 Å². The minimum atomic E-state index is -0.921. The van der Waals surface area contributed by atoms with Crippen LogP contribution in [0.15, 0.2) is 10.4 Å². The largest absolute Gasteiger partial charge is 0.481 e. The number of nitrogens with zero attached hydrogens (tertiary/aromatic N) is 2. The first-order valence-corrected chi connectivity index (χ1v) is 6.26. The number of carboxylic acids is 1. The SMILES string of the molecule is Cc1csc2nc(SCC(=O)O)c(C=O)n12. The minimum absolute atomic E-state index is 0.0925. The van der Waals surface area contributed by atoms with E-state index in [0.717, 1.165) is 17.5 Å². The maximum Gasteiger partial charge on any atom is 0.313 e. The Balaban J connectivity index is 2.45. The molecule has 7 heteroatoms. The summed E-state index contributed by atoms with van der Waals surface area (Å²) in [5, 5.41) is 11.0. The molecule has 5 nitrogen and oxygen atoms in total. The van der Waals surface area contributed by atoms with Crippen molar-refractivity contribution >= 4 is 40.3 Å². The number of rotatable bonds is 4. The molecule has 0 fully saturated rings. The van der Waals surface area contributed by atoms with E-state index in [1.165, 1.54) is 11.3 Å². The molecule has 1 N–H and O–H groups in total. The number of carbonyl (C=O) groups is 2. The maximum absolute atomic E-state index is 11.0. The second-order valence-electron chi connectivity index (χ2n) is 3.10. The fourth-order valence-corrected chi connectivity index (χ4v) is 2.97. The lowest BCUT2D eigenvalue weighted by Gasteiger charge is -1.95. The second kappa shape index (κ2) is 4.26. The Bertz CT molecular complexity index is 558. The van der Waals surface area contributed by atoms with Gasteiger partial charge in [0.1, 0.15) is 10.7 Å². The maximum atomic E-state index is 11.0. The number of fused-ring (bicyclic) bond motifs is 1. The molecule has 2 aromatic rings. The van der Waals surface area contributed by atoms with E-state index >= 15 is 0 Å². The molecule has 0 aromatic carbocycles. The molecule has 2 aromatic heterocycles. The van der Waals surface area contributed by atoms with Crippen molar-refractivity contribution in [3.63, 3.8) is 0 Å². The summed E-state index contributed by atoms with van der Waals surface area (Å²) in [5.41, 5.74) is 1.36. The van der Waals surface area contributed by atoms with Gasteiger partial charge in [0.05, 0.1) is 5.75 Å². The molecule has 0 aliphatic heterocycles. The van der Waals surface area contributed by atoms with Crippen LogP contribution in [0.25, 0.3) is 4.96 Å². The number of carbonyl (C=O) groups excluding carboxylic acids is 1. The van der Waals surface area contributed by atoms with Crippen LogP contribution in [0.2, 0.25) is 0 Å². The van der Waals surface area contributed by atoms with Gasteiger partial charge in [0.15, 0.2) is 11.2 Å². The first-order valence-electron chi connectivity index (χ1n) is 4.39. The number of aromatic nitrogens is 2. The van der Waals surface area contributed by atoms with Gasteiger partial charge >= 0.3 is 5.97 Å². The normalized spacial score (nSPS) is 10.8. The smallest absolute Gasteiger partial charge is 0.313 e. The Morgan fingerprint density at radius 3 is 3.12 bits per heavy atom. The molecule has 0 saturated carbocycles. The highest BCUT2D eigenvalue weighted by Gasteiger charge is 2.15. The predicted octanol–water partition coefficient (Wildman–Crippen LogP) is 1.69. The number of thiazole rings is 1. The van der Waals surface area contributed by atoms with E-state index in [9.17, 15) is 9.59 Å². The number of aldehydes is 1. The summed E-state index contributed by atoms with van der Waals surface area (Å²) in [6.45, 7) is 1.88. The van der Waals surface area contributed by atoms with Gasteiger partial charge in [-0.1, -0.05) is 11.8 Å². The fraction of sp³-hybridized carbons (Fsp3) is 0.222. The number of aliphatic carboxylic acids is 1. The molecule has 84 valence electrons. The quantitative estimate of drug-likeness (QED) is 0.665. The van der Waals surface area contributed by atoms with Crippen molar-refractivity contribution in [1.82, 2.24) is 9.38 Å².